The van der Waals surface area contributed by atoms with E-state index < -0.39 is 0 Å². The highest BCUT2D eigenvalue weighted by Gasteiger charge is 2.10. The molecule has 3 nitrogen and oxygen atoms in total. The fraction of sp³-hybridized carbons (Fsp3) is 0.333. The van der Waals surface area contributed by atoms with Crippen molar-refractivity contribution in [3.05, 3.63) is 35.1 Å². The molecule has 1 heterocycles. The molecule has 2 aromatic rings. The van der Waals surface area contributed by atoms with E-state index in [1.165, 1.54) is 0 Å². The van der Waals surface area contributed by atoms with Gasteiger partial charge in [-0.15, -0.1) is 0 Å². The third-order valence-electron chi connectivity index (χ3n) is 2.63. The van der Waals surface area contributed by atoms with Crippen LogP contribution in [0.1, 0.15) is 6.92 Å². The summed E-state index contributed by atoms with van der Waals surface area (Å²) in [6.45, 7) is 3.06. The second kappa shape index (κ2) is 5.51. The molecular weight excluding hydrogens is 250 g/mol. The van der Waals surface area contributed by atoms with Crippen molar-refractivity contribution >= 4 is 24.0 Å². The van der Waals surface area contributed by atoms with Gasteiger partial charge >= 0.3 is 0 Å². The van der Waals surface area contributed by atoms with Crippen LogP contribution in [0.2, 0.25) is 0 Å². The van der Waals surface area contributed by atoms with Crippen LogP contribution in [-0.4, -0.2) is 26.3 Å². The third kappa shape index (κ3) is 2.79. The van der Waals surface area contributed by atoms with Gasteiger partial charge in [0.1, 0.15) is 0 Å². The van der Waals surface area contributed by atoms with Crippen LogP contribution in [0, 0.1) is 4.77 Å². The Morgan fingerprint density at radius 1 is 1.41 bits per heavy atom. The van der Waals surface area contributed by atoms with Crippen molar-refractivity contribution in [2.24, 2.45) is 0 Å². The molecule has 0 fully saturated rings. The number of benzene rings is 1. The molecule has 0 bridgehead atoms. The van der Waals surface area contributed by atoms with E-state index >= 15 is 0 Å². The van der Waals surface area contributed by atoms with Crippen molar-refractivity contribution < 1.29 is 0 Å². The maximum atomic E-state index is 5.27. The molecule has 0 radical (unpaired) electrons. The Hall–Kier alpha value is -1.07. The van der Waals surface area contributed by atoms with Gasteiger partial charge in [0.15, 0.2) is 10.6 Å². The van der Waals surface area contributed by atoms with E-state index in [0.717, 1.165) is 17.9 Å². The molecule has 5 heteroatoms. The van der Waals surface area contributed by atoms with E-state index in [4.69, 9.17) is 12.2 Å². The predicted molar refractivity (Wildman–Crippen MR) is 75.8 cm³/mol. The molecule has 17 heavy (non-hydrogen) atoms. The Balaban J connectivity index is 2.39. The minimum atomic E-state index is 0.516. The average Bonchev–Trinajstić information content (AvgIpc) is 2.72. The second-order valence-electron chi connectivity index (χ2n) is 3.88. The first-order chi connectivity index (χ1) is 8.22. The minimum absolute atomic E-state index is 0.516. The summed E-state index contributed by atoms with van der Waals surface area (Å²) in [5, 5.41) is 7.70. The number of H-pyrrole nitrogens is 1. The first-order valence-corrected chi connectivity index (χ1v) is 7.15. The smallest absolute Gasteiger partial charge is 0.195 e. The summed E-state index contributed by atoms with van der Waals surface area (Å²) < 4.78 is 2.75. The van der Waals surface area contributed by atoms with Crippen molar-refractivity contribution in [3.8, 4) is 11.4 Å². The van der Waals surface area contributed by atoms with Crippen LogP contribution < -0.4 is 0 Å². The maximum Gasteiger partial charge on any atom is 0.195 e. The zero-order chi connectivity index (χ0) is 12.3. The summed E-state index contributed by atoms with van der Waals surface area (Å²) in [7, 11) is 0. The fourth-order valence-corrected chi connectivity index (χ4v) is 2.13. The summed E-state index contributed by atoms with van der Waals surface area (Å²) in [5.41, 5.74) is 1.09. The third-order valence-corrected chi connectivity index (χ3v) is 3.90. The highest BCUT2D eigenvalue weighted by atomic mass is 32.2. The maximum absolute atomic E-state index is 5.27. The molecule has 0 aliphatic carbocycles. The molecule has 0 saturated heterocycles. The molecule has 1 aromatic heterocycles. The van der Waals surface area contributed by atoms with Crippen LogP contribution in [0.3, 0.4) is 0 Å². The van der Waals surface area contributed by atoms with E-state index in [2.05, 4.69) is 27.9 Å². The first-order valence-electron chi connectivity index (χ1n) is 5.46. The molecule has 1 unspecified atom stereocenters. The van der Waals surface area contributed by atoms with Gasteiger partial charge in [-0.1, -0.05) is 37.3 Å². The lowest BCUT2D eigenvalue weighted by Crippen LogP contribution is -2.10. The van der Waals surface area contributed by atoms with Gasteiger partial charge in [0.25, 0.3) is 0 Å². The van der Waals surface area contributed by atoms with Gasteiger partial charge in [0.2, 0.25) is 0 Å². The molecule has 90 valence electrons. The van der Waals surface area contributed by atoms with Crippen LogP contribution in [-0.2, 0) is 6.54 Å². The lowest BCUT2D eigenvalue weighted by atomic mass is 10.2. The molecule has 1 aromatic carbocycles. The summed E-state index contributed by atoms with van der Waals surface area (Å²) >= 11 is 7.10. The summed E-state index contributed by atoms with van der Waals surface area (Å²) in [5.74, 6) is 0.913. The largest absolute Gasteiger partial charge is 0.299 e. The van der Waals surface area contributed by atoms with Crippen molar-refractivity contribution in [1.29, 1.82) is 0 Å². The van der Waals surface area contributed by atoms with Crippen molar-refractivity contribution in [2.75, 3.05) is 6.26 Å². The SMILES string of the molecule is CSC(C)Cn1c(-c2ccccc2)n[nH]c1=S. The Labute approximate surface area is 110 Å². The van der Waals surface area contributed by atoms with Crippen LogP contribution in [0.5, 0.6) is 0 Å². The summed E-state index contributed by atoms with van der Waals surface area (Å²) in [4.78, 5) is 0. The van der Waals surface area contributed by atoms with Crippen LogP contribution in [0.25, 0.3) is 11.4 Å². The molecule has 0 spiro atoms. The minimum Gasteiger partial charge on any atom is -0.299 e. The molecule has 0 saturated carbocycles. The van der Waals surface area contributed by atoms with Crippen LogP contribution in [0.4, 0.5) is 0 Å². The van der Waals surface area contributed by atoms with E-state index in [1.54, 1.807) is 0 Å². The number of rotatable bonds is 4. The number of nitrogens with zero attached hydrogens (tertiary/aromatic N) is 2. The Morgan fingerprint density at radius 2 is 2.12 bits per heavy atom. The monoisotopic (exact) mass is 265 g/mol. The van der Waals surface area contributed by atoms with E-state index in [0.29, 0.717) is 10.0 Å². The second-order valence-corrected chi connectivity index (χ2v) is 5.54. The Bertz CT molecular complexity index is 530. The molecule has 1 N–H and O–H groups in total. The van der Waals surface area contributed by atoms with E-state index in [9.17, 15) is 0 Å². The Morgan fingerprint density at radius 3 is 2.76 bits per heavy atom. The van der Waals surface area contributed by atoms with Gasteiger partial charge in [0, 0.05) is 17.4 Å². The molecule has 2 rings (SSSR count). The molecule has 0 aliphatic heterocycles. The number of hydrogen-bond donors (Lipinski definition) is 1. The molecule has 0 amide bonds. The Kier molecular flexibility index (Phi) is 4.02. The van der Waals surface area contributed by atoms with Crippen molar-refractivity contribution in [1.82, 2.24) is 14.8 Å². The van der Waals surface area contributed by atoms with Gasteiger partial charge < -0.3 is 0 Å². The van der Waals surface area contributed by atoms with Gasteiger partial charge in [0.05, 0.1) is 0 Å². The number of aromatic amines is 1. The fourth-order valence-electron chi connectivity index (χ4n) is 1.63. The van der Waals surface area contributed by atoms with E-state index in [1.807, 2.05) is 42.1 Å². The normalized spacial score (nSPS) is 12.6. The number of hydrogen-bond acceptors (Lipinski definition) is 3. The van der Waals surface area contributed by atoms with Gasteiger partial charge in [-0.05, 0) is 18.5 Å². The topological polar surface area (TPSA) is 33.6 Å². The molecule has 0 aliphatic rings. The standard InChI is InChI=1S/C12H15N3S2/c1-9(17-2)8-15-11(13-14-12(15)16)10-6-4-3-5-7-10/h3-7,9H,8H2,1-2H3,(H,14,16). The molecular formula is C12H15N3S2. The van der Waals surface area contributed by atoms with Crippen LogP contribution in [0.15, 0.2) is 30.3 Å². The van der Waals surface area contributed by atoms with E-state index in [-0.39, 0.29) is 0 Å². The number of thioether (sulfide) groups is 1. The number of nitrogens with one attached hydrogen (secondary N) is 1. The average molecular weight is 265 g/mol. The van der Waals surface area contributed by atoms with Crippen LogP contribution >= 0.6 is 24.0 Å². The lowest BCUT2D eigenvalue weighted by molar-refractivity contribution is 0.688. The lowest BCUT2D eigenvalue weighted by Gasteiger charge is -2.11. The quantitative estimate of drug-likeness (QED) is 0.861. The molecule has 1 atom stereocenters. The van der Waals surface area contributed by atoms with Crippen molar-refractivity contribution in [3.63, 3.8) is 0 Å². The predicted octanol–water partition coefficient (Wildman–Crippen LogP) is 3.36. The highest BCUT2D eigenvalue weighted by Crippen LogP contribution is 2.18. The van der Waals surface area contributed by atoms with Crippen molar-refractivity contribution in [2.45, 2.75) is 18.7 Å². The summed E-state index contributed by atoms with van der Waals surface area (Å²) in [6, 6.07) is 10.1. The van der Waals surface area contributed by atoms with Gasteiger partial charge in [-0.2, -0.15) is 16.9 Å². The zero-order valence-corrected chi connectivity index (χ0v) is 11.5. The first kappa shape index (κ1) is 12.4. The van der Waals surface area contributed by atoms with Gasteiger partial charge in [-0.25, -0.2) is 0 Å². The summed E-state index contributed by atoms with van der Waals surface area (Å²) in [6.07, 6.45) is 2.11. The zero-order valence-electron chi connectivity index (χ0n) is 9.88. The highest BCUT2D eigenvalue weighted by molar-refractivity contribution is 7.99. The van der Waals surface area contributed by atoms with Gasteiger partial charge in [-0.3, -0.25) is 9.67 Å². The number of aromatic nitrogens is 3.